The number of hydrogen-bond acceptors (Lipinski definition) is 3. The van der Waals surface area contributed by atoms with Crippen molar-refractivity contribution in [2.24, 2.45) is 0 Å². The van der Waals surface area contributed by atoms with E-state index in [1.807, 2.05) is 23.8 Å². The molecule has 0 aromatic carbocycles. The Morgan fingerprint density at radius 2 is 2.05 bits per heavy atom. The topological polar surface area (TPSA) is 57.5 Å². The maximum Gasteiger partial charge on any atom is 0.267 e. The van der Waals surface area contributed by atoms with Gasteiger partial charge in [0, 0.05) is 32.4 Å². The molecule has 0 aliphatic carbocycles. The Balaban J connectivity index is 1.81. The number of carbonyl (C=O) groups excluding carboxylic acids is 1. The number of aliphatic hydroxyl groups excluding tert-OH is 1. The standard InChI is InChI=1S/C16H27N3O2/c1-14-12-15(19(13-14)9-5-11-20)16(21)17-6-10-18-7-3-2-4-8-18/h12-13,20H,2-11H2,1H3,(H,17,21). The van der Waals surface area contributed by atoms with Crippen LogP contribution in [0.5, 0.6) is 0 Å². The van der Waals surface area contributed by atoms with Gasteiger partial charge in [-0.05, 0) is 50.9 Å². The molecule has 5 nitrogen and oxygen atoms in total. The number of aliphatic hydroxyl groups is 1. The second-order valence-electron chi connectivity index (χ2n) is 5.83. The summed E-state index contributed by atoms with van der Waals surface area (Å²) in [6.45, 7) is 6.75. The lowest BCUT2D eigenvalue weighted by molar-refractivity contribution is 0.0936. The third-order valence-electron chi connectivity index (χ3n) is 3.99. The number of piperidine rings is 1. The zero-order valence-corrected chi connectivity index (χ0v) is 13.0. The summed E-state index contributed by atoms with van der Waals surface area (Å²) in [5, 5.41) is 11.9. The van der Waals surface area contributed by atoms with E-state index < -0.39 is 0 Å². The number of amides is 1. The smallest absolute Gasteiger partial charge is 0.267 e. The second kappa shape index (κ2) is 8.20. The molecule has 1 amide bonds. The first-order valence-corrected chi connectivity index (χ1v) is 7.99. The largest absolute Gasteiger partial charge is 0.396 e. The van der Waals surface area contributed by atoms with Crippen LogP contribution in [-0.4, -0.2) is 53.3 Å². The number of carbonyl (C=O) groups is 1. The molecule has 1 saturated heterocycles. The van der Waals surface area contributed by atoms with E-state index in [-0.39, 0.29) is 12.5 Å². The highest BCUT2D eigenvalue weighted by Crippen LogP contribution is 2.09. The number of hydrogen-bond donors (Lipinski definition) is 2. The van der Waals surface area contributed by atoms with E-state index in [2.05, 4.69) is 10.2 Å². The van der Waals surface area contributed by atoms with Crippen LogP contribution >= 0.6 is 0 Å². The summed E-state index contributed by atoms with van der Waals surface area (Å²) in [6, 6.07) is 1.91. The fourth-order valence-electron chi connectivity index (χ4n) is 2.87. The molecule has 0 atom stereocenters. The predicted octanol–water partition coefficient (Wildman–Crippen LogP) is 1.39. The lowest BCUT2D eigenvalue weighted by Gasteiger charge is -2.26. The summed E-state index contributed by atoms with van der Waals surface area (Å²) >= 11 is 0. The molecule has 1 fully saturated rings. The average molecular weight is 293 g/mol. The van der Waals surface area contributed by atoms with E-state index in [0.29, 0.717) is 25.2 Å². The van der Waals surface area contributed by atoms with Crippen molar-refractivity contribution in [3.8, 4) is 0 Å². The Bertz CT molecular complexity index is 450. The lowest BCUT2D eigenvalue weighted by Crippen LogP contribution is -2.38. The molecule has 2 rings (SSSR count). The van der Waals surface area contributed by atoms with Gasteiger partial charge in [0.15, 0.2) is 0 Å². The highest BCUT2D eigenvalue weighted by atomic mass is 16.3. The van der Waals surface area contributed by atoms with Crippen LogP contribution in [0.1, 0.15) is 41.7 Å². The molecule has 0 radical (unpaired) electrons. The zero-order valence-electron chi connectivity index (χ0n) is 13.0. The van der Waals surface area contributed by atoms with Gasteiger partial charge in [-0.3, -0.25) is 4.79 Å². The van der Waals surface area contributed by atoms with Gasteiger partial charge in [-0.1, -0.05) is 6.42 Å². The van der Waals surface area contributed by atoms with Crippen LogP contribution in [0.2, 0.25) is 0 Å². The van der Waals surface area contributed by atoms with Crippen LogP contribution in [0.3, 0.4) is 0 Å². The van der Waals surface area contributed by atoms with E-state index in [1.54, 1.807) is 0 Å². The number of nitrogens with zero attached hydrogens (tertiary/aromatic N) is 2. The number of aromatic nitrogens is 1. The van der Waals surface area contributed by atoms with Gasteiger partial charge in [-0.15, -0.1) is 0 Å². The zero-order chi connectivity index (χ0) is 15.1. The van der Waals surface area contributed by atoms with Gasteiger partial charge >= 0.3 is 0 Å². The van der Waals surface area contributed by atoms with E-state index in [1.165, 1.54) is 19.3 Å². The molecule has 2 heterocycles. The first kappa shape index (κ1) is 16.0. The van der Waals surface area contributed by atoms with Crippen LogP contribution in [0.25, 0.3) is 0 Å². The minimum Gasteiger partial charge on any atom is -0.396 e. The SMILES string of the molecule is Cc1cc(C(=O)NCCN2CCCCC2)n(CCCO)c1. The maximum atomic E-state index is 12.3. The van der Waals surface area contributed by atoms with E-state index in [9.17, 15) is 4.79 Å². The van der Waals surface area contributed by atoms with Crippen molar-refractivity contribution in [2.45, 2.75) is 39.2 Å². The van der Waals surface area contributed by atoms with Crippen molar-refractivity contribution in [1.82, 2.24) is 14.8 Å². The summed E-state index contributed by atoms with van der Waals surface area (Å²) in [5.74, 6) is -0.0157. The second-order valence-corrected chi connectivity index (χ2v) is 5.83. The van der Waals surface area contributed by atoms with Gasteiger partial charge < -0.3 is 19.9 Å². The van der Waals surface area contributed by atoms with Crippen LogP contribution < -0.4 is 5.32 Å². The Morgan fingerprint density at radius 3 is 2.76 bits per heavy atom. The van der Waals surface area contributed by atoms with E-state index in [4.69, 9.17) is 5.11 Å². The molecule has 0 bridgehead atoms. The number of likely N-dealkylation sites (tertiary alicyclic amines) is 1. The van der Waals surface area contributed by atoms with Crippen molar-refractivity contribution in [3.05, 3.63) is 23.5 Å². The molecule has 1 aliphatic rings. The normalized spacial score (nSPS) is 16.1. The van der Waals surface area contributed by atoms with Crippen molar-refractivity contribution in [1.29, 1.82) is 0 Å². The molecule has 118 valence electrons. The summed E-state index contributed by atoms with van der Waals surface area (Å²) in [4.78, 5) is 14.7. The third-order valence-corrected chi connectivity index (χ3v) is 3.99. The van der Waals surface area contributed by atoms with Gasteiger partial charge in [0.25, 0.3) is 5.91 Å². The molecule has 1 aromatic rings. The van der Waals surface area contributed by atoms with Gasteiger partial charge in [-0.25, -0.2) is 0 Å². The Kier molecular flexibility index (Phi) is 6.26. The summed E-state index contributed by atoms with van der Waals surface area (Å²) in [5.41, 5.74) is 1.77. The summed E-state index contributed by atoms with van der Waals surface area (Å²) in [7, 11) is 0. The number of rotatable bonds is 7. The van der Waals surface area contributed by atoms with Crippen molar-refractivity contribution >= 4 is 5.91 Å². The van der Waals surface area contributed by atoms with Crippen molar-refractivity contribution in [3.63, 3.8) is 0 Å². The fourth-order valence-corrected chi connectivity index (χ4v) is 2.87. The predicted molar refractivity (Wildman–Crippen MR) is 83.5 cm³/mol. The van der Waals surface area contributed by atoms with Crippen LogP contribution in [0.4, 0.5) is 0 Å². The minimum absolute atomic E-state index is 0.0157. The molecule has 5 heteroatoms. The molecular formula is C16H27N3O2. The quantitative estimate of drug-likeness (QED) is 0.799. The Hall–Kier alpha value is -1.33. The van der Waals surface area contributed by atoms with E-state index >= 15 is 0 Å². The van der Waals surface area contributed by atoms with Gasteiger partial charge in [-0.2, -0.15) is 0 Å². The van der Waals surface area contributed by atoms with Crippen LogP contribution in [-0.2, 0) is 6.54 Å². The molecule has 1 aliphatic heterocycles. The average Bonchev–Trinajstić information content (AvgIpc) is 2.87. The highest BCUT2D eigenvalue weighted by Gasteiger charge is 2.13. The number of nitrogens with one attached hydrogen (secondary N) is 1. The van der Waals surface area contributed by atoms with Crippen LogP contribution in [0, 0.1) is 6.92 Å². The van der Waals surface area contributed by atoms with Crippen LogP contribution in [0.15, 0.2) is 12.3 Å². The molecule has 0 unspecified atom stereocenters. The first-order valence-electron chi connectivity index (χ1n) is 7.99. The third kappa shape index (κ3) is 4.86. The minimum atomic E-state index is -0.0157. The Morgan fingerprint density at radius 1 is 1.29 bits per heavy atom. The van der Waals surface area contributed by atoms with Crippen molar-refractivity contribution in [2.75, 3.05) is 32.8 Å². The first-order chi connectivity index (χ1) is 10.2. The lowest BCUT2D eigenvalue weighted by atomic mass is 10.1. The Labute approximate surface area is 126 Å². The van der Waals surface area contributed by atoms with Gasteiger partial charge in [0.2, 0.25) is 0 Å². The fraction of sp³-hybridized carbons (Fsp3) is 0.688. The molecule has 1 aromatic heterocycles. The summed E-state index contributed by atoms with van der Waals surface area (Å²) in [6.07, 6.45) is 6.52. The highest BCUT2D eigenvalue weighted by molar-refractivity contribution is 5.93. The van der Waals surface area contributed by atoms with E-state index in [0.717, 1.165) is 25.2 Å². The monoisotopic (exact) mass is 293 g/mol. The maximum absolute atomic E-state index is 12.3. The number of aryl methyl sites for hydroxylation is 2. The molecular weight excluding hydrogens is 266 g/mol. The molecule has 0 saturated carbocycles. The molecule has 21 heavy (non-hydrogen) atoms. The van der Waals surface area contributed by atoms with Gasteiger partial charge in [0.1, 0.15) is 5.69 Å². The van der Waals surface area contributed by atoms with Gasteiger partial charge in [0.05, 0.1) is 0 Å². The van der Waals surface area contributed by atoms with Crippen molar-refractivity contribution < 1.29 is 9.90 Å². The molecule has 0 spiro atoms. The summed E-state index contributed by atoms with van der Waals surface area (Å²) < 4.78 is 1.93. The molecule has 2 N–H and O–H groups in total.